The summed E-state index contributed by atoms with van der Waals surface area (Å²) in [6.45, 7) is 0. The molecular formula is C15H20N2OS. The van der Waals surface area contributed by atoms with Crippen LogP contribution in [-0.2, 0) is 4.79 Å². The van der Waals surface area contributed by atoms with E-state index in [4.69, 9.17) is 0 Å². The van der Waals surface area contributed by atoms with Gasteiger partial charge in [-0.3, -0.25) is 10.2 Å². The van der Waals surface area contributed by atoms with Crippen molar-refractivity contribution in [2.45, 2.75) is 43.4 Å². The van der Waals surface area contributed by atoms with Crippen LogP contribution in [0.15, 0.2) is 30.3 Å². The molecule has 3 nitrogen and oxygen atoms in total. The monoisotopic (exact) mass is 276 g/mol. The lowest BCUT2D eigenvalue weighted by Gasteiger charge is -2.37. The van der Waals surface area contributed by atoms with Gasteiger partial charge in [0, 0.05) is 0 Å². The predicted molar refractivity (Wildman–Crippen MR) is 79.8 cm³/mol. The Morgan fingerprint density at radius 1 is 1.05 bits per heavy atom. The first-order chi connectivity index (χ1) is 9.30. The van der Waals surface area contributed by atoms with E-state index in [9.17, 15) is 4.79 Å². The highest BCUT2D eigenvalue weighted by atomic mass is 32.2. The van der Waals surface area contributed by atoms with Gasteiger partial charge in [-0.2, -0.15) is 0 Å². The van der Waals surface area contributed by atoms with Crippen LogP contribution in [-0.4, -0.2) is 21.5 Å². The predicted octanol–water partition coefficient (Wildman–Crippen LogP) is 3.64. The number of nitrogens with one attached hydrogen (secondary N) is 1. The number of rotatable bonds is 2. The van der Waals surface area contributed by atoms with E-state index in [1.807, 2.05) is 47.1 Å². The molecule has 0 aromatic heterocycles. The molecule has 1 aromatic rings. The number of carbonyl (C=O) groups is 1. The van der Waals surface area contributed by atoms with Gasteiger partial charge in [-0.25, -0.2) is 5.01 Å². The highest BCUT2D eigenvalue weighted by Crippen LogP contribution is 2.46. The van der Waals surface area contributed by atoms with Gasteiger partial charge in [0.05, 0.1) is 11.4 Å². The van der Waals surface area contributed by atoms with E-state index in [0.29, 0.717) is 5.75 Å². The first kappa shape index (κ1) is 12.9. The Morgan fingerprint density at radius 3 is 2.42 bits per heavy atom. The van der Waals surface area contributed by atoms with Crippen LogP contribution >= 0.6 is 11.8 Å². The number of hydrogen-bond donors (Lipinski definition) is 1. The van der Waals surface area contributed by atoms with Crippen molar-refractivity contribution in [1.82, 2.24) is 5.01 Å². The third kappa shape index (κ3) is 2.59. The Bertz CT molecular complexity index is 441. The molecule has 1 N–H and O–H groups in total. The molecule has 1 aromatic carbocycles. The van der Waals surface area contributed by atoms with Crippen molar-refractivity contribution >= 4 is 23.4 Å². The Morgan fingerprint density at radius 2 is 1.74 bits per heavy atom. The van der Waals surface area contributed by atoms with Gasteiger partial charge in [-0.1, -0.05) is 43.9 Å². The molecule has 0 unspecified atom stereocenters. The molecule has 0 atom stereocenters. The van der Waals surface area contributed by atoms with Crippen LogP contribution in [0, 0.1) is 0 Å². The van der Waals surface area contributed by atoms with E-state index in [1.54, 1.807) is 0 Å². The quantitative estimate of drug-likeness (QED) is 0.895. The first-order valence-corrected chi connectivity index (χ1v) is 8.07. The van der Waals surface area contributed by atoms with Gasteiger partial charge in [0.2, 0.25) is 0 Å². The number of benzene rings is 1. The van der Waals surface area contributed by atoms with Crippen molar-refractivity contribution < 1.29 is 4.79 Å². The van der Waals surface area contributed by atoms with Crippen LogP contribution in [0.3, 0.4) is 0 Å². The number of amides is 1. The van der Waals surface area contributed by atoms with Crippen molar-refractivity contribution in [2.24, 2.45) is 0 Å². The van der Waals surface area contributed by atoms with Gasteiger partial charge in [-0.05, 0) is 25.0 Å². The topological polar surface area (TPSA) is 32.3 Å². The van der Waals surface area contributed by atoms with Crippen LogP contribution in [0.1, 0.15) is 38.5 Å². The molecule has 1 saturated heterocycles. The lowest BCUT2D eigenvalue weighted by atomic mass is 10.1. The van der Waals surface area contributed by atoms with Crippen LogP contribution < -0.4 is 5.43 Å². The molecule has 1 amide bonds. The highest BCUT2D eigenvalue weighted by Gasteiger charge is 2.46. The second kappa shape index (κ2) is 5.45. The van der Waals surface area contributed by atoms with Crippen molar-refractivity contribution in [3.05, 3.63) is 30.3 Å². The van der Waals surface area contributed by atoms with Crippen LogP contribution in [0.5, 0.6) is 0 Å². The minimum atomic E-state index is -0.0105. The van der Waals surface area contributed by atoms with Gasteiger partial charge in [0.25, 0.3) is 5.91 Å². The Hall–Kier alpha value is -1.16. The summed E-state index contributed by atoms with van der Waals surface area (Å²) in [5.41, 5.74) is 4.34. The van der Waals surface area contributed by atoms with E-state index < -0.39 is 0 Å². The number of anilines is 1. The molecule has 1 aliphatic heterocycles. The van der Waals surface area contributed by atoms with Gasteiger partial charge in [-0.15, -0.1) is 11.8 Å². The van der Waals surface area contributed by atoms with Crippen molar-refractivity contribution in [1.29, 1.82) is 0 Å². The molecule has 19 heavy (non-hydrogen) atoms. The van der Waals surface area contributed by atoms with Crippen LogP contribution in [0.25, 0.3) is 0 Å². The number of nitrogens with zero attached hydrogens (tertiary/aromatic N) is 1. The third-order valence-corrected chi connectivity index (χ3v) is 5.54. The van der Waals surface area contributed by atoms with Crippen LogP contribution in [0.2, 0.25) is 0 Å². The van der Waals surface area contributed by atoms with E-state index >= 15 is 0 Å². The summed E-state index contributed by atoms with van der Waals surface area (Å²) in [5, 5.41) is 1.92. The molecule has 3 rings (SSSR count). The van der Waals surface area contributed by atoms with Crippen LogP contribution in [0.4, 0.5) is 5.69 Å². The summed E-state index contributed by atoms with van der Waals surface area (Å²) >= 11 is 1.83. The molecule has 2 aliphatic rings. The number of para-hydroxylation sites is 1. The van der Waals surface area contributed by atoms with Gasteiger partial charge < -0.3 is 0 Å². The van der Waals surface area contributed by atoms with Gasteiger partial charge >= 0.3 is 0 Å². The molecule has 1 aliphatic carbocycles. The number of hydrogen-bond acceptors (Lipinski definition) is 3. The molecule has 1 heterocycles. The number of thioether (sulfide) groups is 1. The summed E-state index contributed by atoms with van der Waals surface area (Å²) in [7, 11) is 0. The number of carbonyl (C=O) groups excluding carboxylic acids is 1. The van der Waals surface area contributed by atoms with Crippen molar-refractivity contribution in [3.63, 3.8) is 0 Å². The zero-order valence-corrected chi connectivity index (χ0v) is 11.9. The zero-order valence-electron chi connectivity index (χ0n) is 11.1. The fourth-order valence-electron chi connectivity index (χ4n) is 3.01. The summed E-state index contributed by atoms with van der Waals surface area (Å²) in [6, 6.07) is 10.0. The van der Waals surface area contributed by atoms with Crippen molar-refractivity contribution in [3.8, 4) is 0 Å². The largest absolute Gasteiger partial charge is 0.295 e. The van der Waals surface area contributed by atoms with E-state index in [1.165, 1.54) is 25.7 Å². The number of hydrazine groups is 1. The van der Waals surface area contributed by atoms with Gasteiger partial charge in [0.1, 0.15) is 4.87 Å². The molecule has 2 fully saturated rings. The summed E-state index contributed by atoms with van der Waals surface area (Å²) in [4.78, 5) is 12.2. The summed E-state index contributed by atoms with van der Waals surface area (Å²) in [5.74, 6) is 0.829. The molecule has 1 spiro atoms. The molecule has 102 valence electrons. The second-order valence-electron chi connectivity index (χ2n) is 5.36. The Labute approximate surface area is 118 Å². The smallest absolute Gasteiger partial charge is 0.252 e. The lowest BCUT2D eigenvalue weighted by Crippen LogP contribution is -2.47. The molecule has 0 radical (unpaired) electrons. The molecular weight excluding hydrogens is 256 g/mol. The standard InChI is InChI=1S/C15H20N2OS/c18-14-12-19-15(10-6-1-2-7-11-15)17(14)16-13-8-4-3-5-9-13/h3-5,8-9,16H,1-2,6-7,10-12H2. The normalized spacial score (nSPS) is 22.5. The maximum Gasteiger partial charge on any atom is 0.252 e. The third-order valence-electron chi connectivity index (χ3n) is 4.02. The summed E-state index contributed by atoms with van der Waals surface area (Å²) < 4.78 is 0. The molecule has 0 bridgehead atoms. The zero-order chi connectivity index (χ0) is 13.1. The van der Waals surface area contributed by atoms with Gasteiger partial charge in [0.15, 0.2) is 0 Å². The summed E-state index contributed by atoms with van der Waals surface area (Å²) in [6.07, 6.45) is 7.29. The van der Waals surface area contributed by atoms with Crippen molar-refractivity contribution in [2.75, 3.05) is 11.2 Å². The first-order valence-electron chi connectivity index (χ1n) is 7.09. The molecule has 1 saturated carbocycles. The average Bonchev–Trinajstić information content (AvgIpc) is 2.64. The molecule has 4 heteroatoms. The van der Waals surface area contributed by atoms with E-state index in [0.717, 1.165) is 18.5 Å². The van der Waals surface area contributed by atoms with E-state index in [-0.39, 0.29) is 10.8 Å². The second-order valence-corrected chi connectivity index (χ2v) is 6.69. The Kier molecular flexibility index (Phi) is 3.69. The Balaban J connectivity index is 1.81. The highest BCUT2D eigenvalue weighted by molar-refractivity contribution is 8.01. The SMILES string of the molecule is O=C1CSC2(CCCCCC2)N1Nc1ccccc1. The fraction of sp³-hybridized carbons (Fsp3) is 0.533. The maximum atomic E-state index is 12.2. The lowest BCUT2D eigenvalue weighted by molar-refractivity contribution is -0.128. The minimum absolute atomic E-state index is 0.0105. The minimum Gasteiger partial charge on any atom is -0.295 e. The van der Waals surface area contributed by atoms with E-state index in [2.05, 4.69) is 5.43 Å². The fourth-order valence-corrected chi connectivity index (χ4v) is 4.38. The average molecular weight is 276 g/mol. The maximum absolute atomic E-state index is 12.2.